The predicted molar refractivity (Wildman–Crippen MR) is 177 cm³/mol. The molecule has 7 N–H and O–H groups in total. The lowest BCUT2D eigenvalue weighted by atomic mass is 9.94. The summed E-state index contributed by atoms with van der Waals surface area (Å²) in [7, 11) is -3.12. The maximum atomic E-state index is 13.8. The van der Waals surface area contributed by atoms with Gasteiger partial charge >= 0.3 is 14.1 Å². The predicted octanol–water partition coefficient (Wildman–Crippen LogP) is 2.63. The number of para-hydroxylation sites is 1. The van der Waals surface area contributed by atoms with Crippen LogP contribution in [0, 0.1) is 17.8 Å². The zero-order valence-electron chi connectivity index (χ0n) is 28.2. The summed E-state index contributed by atoms with van der Waals surface area (Å²) in [4.78, 5) is 77.6. The van der Waals surface area contributed by atoms with Crippen molar-refractivity contribution in [2.24, 2.45) is 23.5 Å². The monoisotopic (exact) mass is 677 g/mol. The maximum absolute atomic E-state index is 13.8. The highest BCUT2D eigenvalue weighted by atomic mass is 31.1. The summed E-state index contributed by atoms with van der Waals surface area (Å²) in [6.45, 7) is 11.7. The van der Waals surface area contributed by atoms with Gasteiger partial charge in [0.2, 0.25) is 17.7 Å². The summed E-state index contributed by atoms with van der Waals surface area (Å²) in [5.74, 6) is -3.94. The minimum Gasteiger partial charge on any atom is -0.441 e. The Morgan fingerprint density at radius 1 is 0.957 bits per heavy atom. The zero-order valence-corrected chi connectivity index (χ0v) is 29.1. The third kappa shape index (κ3) is 11.4. The number of rotatable bonds is 18. The number of carbonyl (C=O) groups excluding carboxylic acids is 5. The third-order valence-electron chi connectivity index (χ3n) is 8.30. The van der Waals surface area contributed by atoms with Gasteiger partial charge in [0.15, 0.2) is 6.23 Å². The topological polar surface area (TPSA) is 213 Å². The number of nitrogens with two attached hydrogens (primary N) is 1. The number of fused-ring (bicyclic) bond motifs is 1. The van der Waals surface area contributed by atoms with E-state index in [-0.39, 0.29) is 30.1 Å². The largest absolute Gasteiger partial charge is 0.646 e. The number of carbonyl (C=O) groups is 5. The summed E-state index contributed by atoms with van der Waals surface area (Å²) in [5.41, 5.74) is 7.45. The molecule has 14 nitrogen and oxygen atoms in total. The standard InChI is InChI=1S/C32H49N6O8P/c1-8-19(5)28(35-21(7)39)31(42)37-29(20(6)9-2)30(41)36-25(16-22-17-34-24-13-11-10-12-23(22)24)46-26(40)14-15-38(47(44)45)32(43)27(33)18(3)4/h10-13,17-20,25,27-29,34H,8-9,14-16,33H2,1-7H3,(H3-,35,36,37,39,41,42,44,45)/p+1/t19-,20-,25?,27-,28-,29-/m0/s1. The molecule has 1 heterocycles. The molecule has 7 atom stereocenters. The normalized spacial score (nSPS) is 15.5. The van der Waals surface area contributed by atoms with Crippen LogP contribution < -0.4 is 21.7 Å². The number of nitrogens with zero attached hydrogens (tertiary/aromatic N) is 1. The molecular formula is C32H50N6O8P+. The number of benzene rings is 1. The fraction of sp³-hybridized carbons (Fsp3) is 0.594. The highest BCUT2D eigenvalue weighted by Crippen LogP contribution is 2.24. The Morgan fingerprint density at radius 3 is 2.09 bits per heavy atom. The van der Waals surface area contributed by atoms with Crippen molar-refractivity contribution in [3.05, 3.63) is 36.0 Å². The van der Waals surface area contributed by atoms with Crippen molar-refractivity contribution < 1.29 is 38.2 Å². The number of hydrogen-bond acceptors (Lipinski definition) is 8. The summed E-state index contributed by atoms with van der Waals surface area (Å²) in [5, 5.41) is 9.06. The first-order chi connectivity index (χ1) is 22.1. The number of esters is 1. The molecule has 260 valence electrons. The van der Waals surface area contributed by atoms with Crippen molar-refractivity contribution in [1.82, 2.24) is 25.6 Å². The molecule has 47 heavy (non-hydrogen) atoms. The molecule has 0 radical (unpaired) electrons. The molecule has 2 rings (SSSR count). The van der Waals surface area contributed by atoms with Crippen LogP contribution in [0.3, 0.4) is 0 Å². The van der Waals surface area contributed by atoms with Crippen LogP contribution in [0.1, 0.15) is 73.3 Å². The van der Waals surface area contributed by atoms with E-state index < -0.39 is 69.2 Å². The Kier molecular flexibility index (Phi) is 15.4. The lowest BCUT2D eigenvalue weighted by Gasteiger charge is -2.30. The third-order valence-corrected chi connectivity index (χ3v) is 9.11. The molecule has 0 fully saturated rings. The molecular weight excluding hydrogens is 627 g/mol. The Labute approximate surface area is 276 Å². The summed E-state index contributed by atoms with van der Waals surface area (Å²) in [6.07, 6.45) is 1.28. The molecule has 2 aromatic rings. The minimum absolute atomic E-state index is 0.0547. The number of hydrogen-bond donors (Lipinski definition) is 6. The van der Waals surface area contributed by atoms with Crippen LogP contribution in [-0.4, -0.2) is 75.0 Å². The zero-order chi connectivity index (χ0) is 35.4. The van der Waals surface area contributed by atoms with Gasteiger partial charge < -0.3 is 31.4 Å². The van der Waals surface area contributed by atoms with E-state index in [0.717, 1.165) is 16.5 Å². The van der Waals surface area contributed by atoms with Gasteiger partial charge in [-0.05, 0) is 33.9 Å². The molecule has 0 aliphatic heterocycles. The number of aromatic amines is 1. The smallest absolute Gasteiger partial charge is 0.441 e. The Hall–Kier alpha value is -3.87. The summed E-state index contributed by atoms with van der Waals surface area (Å²) >= 11 is 0. The van der Waals surface area contributed by atoms with Gasteiger partial charge in [-0.15, -0.1) is 9.56 Å². The number of nitrogens with one attached hydrogen (secondary N) is 4. The quantitative estimate of drug-likeness (QED) is 0.0776. The second-order valence-corrected chi connectivity index (χ2v) is 13.2. The molecule has 0 saturated carbocycles. The van der Waals surface area contributed by atoms with Gasteiger partial charge in [0, 0.05) is 30.4 Å². The average Bonchev–Trinajstić information content (AvgIpc) is 3.43. The van der Waals surface area contributed by atoms with Gasteiger partial charge in [-0.3, -0.25) is 24.0 Å². The molecule has 0 bridgehead atoms. The molecule has 4 amide bonds. The SMILES string of the molecule is CC[C@H](C)[C@H](NC(C)=O)C(=O)N[C@H](C(=O)NC(Cc1c[nH]c2ccccc12)OC(=O)CCN(C(=O)[C@@H](N)C(C)C)[P+](=O)O)[C@@H](C)CC. The van der Waals surface area contributed by atoms with Gasteiger partial charge in [0.05, 0.1) is 19.0 Å². The lowest BCUT2D eigenvalue weighted by Crippen LogP contribution is -2.58. The number of ether oxygens (including phenoxy) is 1. The highest BCUT2D eigenvalue weighted by Gasteiger charge is 2.37. The van der Waals surface area contributed by atoms with Crippen molar-refractivity contribution in [1.29, 1.82) is 0 Å². The molecule has 0 saturated heterocycles. The van der Waals surface area contributed by atoms with E-state index in [1.165, 1.54) is 6.92 Å². The first kappa shape index (κ1) is 39.3. The highest BCUT2D eigenvalue weighted by molar-refractivity contribution is 7.36. The molecule has 0 aliphatic rings. The van der Waals surface area contributed by atoms with Gasteiger partial charge in [-0.1, -0.05) is 72.6 Å². The molecule has 15 heteroatoms. The van der Waals surface area contributed by atoms with E-state index in [9.17, 15) is 33.4 Å². The molecule has 0 aliphatic carbocycles. The van der Waals surface area contributed by atoms with E-state index in [2.05, 4.69) is 20.9 Å². The van der Waals surface area contributed by atoms with E-state index >= 15 is 0 Å². The first-order valence-corrected chi connectivity index (χ1v) is 17.1. The van der Waals surface area contributed by atoms with Crippen LogP contribution in [0.15, 0.2) is 30.5 Å². The number of H-pyrrole nitrogens is 1. The number of amides is 4. The van der Waals surface area contributed by atoms with E-state index in [1.54, 1.807) is 27.0 Å². The van der Waals surface area contributed by atoms with Crippen LogP contribution in [-0.2, 0) is 39.7 Å². The van der Waals surface area contributed by atoms with Crippen LogP contribution in [0.2, 0.25) is 0 Å². The summed E-state index contributed by atoms with van der Waals surface area (Å²) in [6, 6.07) is 4.54. The van der Waals surface area contributed by atoms with Crippen LogP contribution >= 0.6 is 8.18 Å². The minimum atomic E-state index is -3.12. The fourth-order valence-corrected chi connectivity index (χ4v) is 5.46. The Balaban J connectivity index is 2.32. The average molecular weight is 678 g/mol. The van der Waals surface area contributed by atoms with Crippen molar-refractivity contribution in [3.8, 4) is 0 Å². The van der Waals surface area contributed by atoms with E-state index in [0.29, 0.717) is 17.5 Å². The number of aromatic nitrogens is 1. The molecule has 2 unspecified atom stereocenters. The van der Waals surface area contributed by atoms with Crippen molar-refractivity contribution in [2.45, 2.75) is 98.5 Å². The van der Waals surface area contributed by atoms with Gasteiger partial charge in [-0.25, -0.2) is 0 Å². The van der Waals surface area contributed by atoms with Crippen molar-refractivity contribution in [3.63, 3.8) is 0 Å². The summed E-state index contributed by atoms with van der Waals surface area (Å²) < 4.78 is 18.3. The van der Waals surface area contributed by atoms with Crippen molar-refractivity contribution >= 4 is 48.7 Å². The molecule has 1 aromatic carbocycles. The van der Waals surface area contributed by atoms with Gasteiger partial charge in [-0.2, -0.15) is 0 Å². The van der Waals surface area contributed by atoms with Gasteiger partial charge in [0.25, 0.3) is 5.91 Å². The Bertz CT molecular complexity index is 1410. The first-order valence-electron chi connectivity index (χ1n) is 16.0. The second-order valence-electron chi connectivity index (χ2n) is 12.2. The maximum Gasteiger partial charge on any atom is 0.646 e. The van der Waals surface area contributed by atoms with E-state index in [1.807, 2.05) is 45.0 Å². The van der Waals surface area contributed by atoms with E-state index in [4.69, 9.17) is 10.5 Å². The van der Waals surface area contributed by atoms with Crippen molar-refractivity contribution in [2.75, 3.05) is 6.54 Å². The van der Waals surface area contributed by atoms with Crippen LogP contribution in [0.4, 0.5) is 0 Å². The fourth-order valence-electron chi connectivity index (χ4n) is 4.89. The van der Waals surface area contributed by atoms with Crippen LogP contribution in [0.5, 0.6) is 0 Å². The van der Waals surface area contributed by atoms with Crippen LogP contribution in [0.25, 0.3) is 10.9 Å². The van der Waals surface area contributed by atoms with Gasteiger partial charge in [0.1, 0.15) is 12.1 Å². The molecule has 1 aromatic heterocycles. The molecule has 0 spiro atoms. The second kappa shape index (κ2) is 18.5. The lowest BCUT2D eigenvalue weighted by molar-refractivity contribution is -0.153. The Morgan fingerprint density at radius 2 is 1.53 bits per heavy atom.